The zero-order valence-corrected chi connectivity index (χ0v) is 16.5. The van der Waals surface area contributed by atoms with E-state index in [1.807, 2.05) is 27.3 Å². The van der Waals surface area contributed by atoms with Gasteiger partial charge in [-0.05, 0) is 41.8 Å². The first-order valence-electron chi connectivity index (χ1n) is 9.23. The summed E-state index contributed by atoms with van der Waals surface area (Å²) in [4.78, 5) is 30.2. The summed E-state index contributed by atoms with van der Waals surface area (Å²) in [6, 6.07) is 7.21. The number of rotatable bonds is 2. The lowest BCUT2D eigenvalue weighted by Gasteiger charge is -2.34. The molecular weight excluding hydrogens is 398 g/mol. The van der Waals surface area contributed by atoms with Crippen molar-refractivity contribution in [1.82, 2.24) is 25.2 Å². The van der Waals surface area contributed by atoms with Crippen molar-refractivity contribution >= 4 is 45.8 Å². The third-order valence-electron chi connectivity index (χ3n) is 5.76. The van der Waals surface area contributed by atoms with Crippen LogP contribution in [-0.4, -0.2) is 63.2 Å². The van der Waals surface area contributed by atoms with E-state index in [4.69, 9.17) is 11.6 Å². The number of carbonyl (C=O) groups is 2. The quantitative estimate of drug-likeness (QED) is 0.697. The van der Waals surface area contributed by atoms with Crippen molar-refractivity contribution in [3.63, 3.8) is 0 Å². The normalized spacial score (nSPS) is 21.9. The molecule has 2 aliphatic rings. The molecule has 7 nitrogen and oxygen atoms in total. The summed E-state index contributed by atoms with van der Waals surface area (Å²) in [6.45, 7) is 2.74. The molecule has 0 spiro atoms. The van der Waals surface area contributed by atoms with Crippen LogP contribution in [0, 0.1) is 11.8 Å². The number of hydrogen-bond acceptors (Lipinski definition) is 5. The number of nitrogens with one attached hydrogen (secondary N) is 1. The van der Waals surface area contributed by atoms with Crippen LogP contribution < -0.4 is 0 Å². The van der Waals surface area contributed by atoms with E-state index >= 15 is 0 Å². The predicted octanol–water partition coefficient (Wildman–Crippen LogP) is 2.91. The lowest BCUT2D eigenvalue weighted by atomic mass is 9.88. The molecule has 0 bridgehead atoms. The number of thiophene rings is 1. The summed E-state index contributed by atoms with van der Waals surface area (Å²) < 4.78 is 0. The fraction of sp³-hybridized carbons (Fsp3) is 0.368. The molecule has 1 N–H and O–H groups in total. The van der Waals surface area contributed by atoms with Gasteiger partial charge in [0.2, 0.25) is 0 Å². The minimum absolute atomic E-state index is 0.00408. The molecule has 5 rings (SSSR count). The second-order valence-corrected chi connectivity index (χ2v) is 8.69. The standard InChI is InChI=1S/C19H18ClN5O2S/c20-14-5-7-28-17(14)19(27)24-6-4-11-8-25(10-12(11)9-24)18(26)13-2-1-3-15-16(13)22-23-21-15/h1-3,5,7,11-12H,4,6,8-10H2,(H,21,22,23)/t11-,12+/m1/s1. The van der Waals surface area contributed by atoms with Gasteiger partial charge in [-0.2, -0.15) is 15.4 Å². The summed E-state index contributed by atoms with van der Waals surface area (Å²) in [6.07, 6.45) is 0.900. The first kappa shape index (κ1) is 17.6. The molecule has 144 valence electrons. The van der Waals surface area contributed by atoms with E-state index in [0.717, 1.165) is 13.0 Å². The van der Waals surface area contributed by atoms with Crippen LogP contribution in [0.2, 0.25) is 5.02 Å². The van der Waals surface area contributed by atoms with E-state index in [1.54, 1.807) is 12.1 Å². The molecule has 0 saturated carbocycles. The van der Waals surface area contributed by atoms with Crippen LogP contribution in [0.1, 0.15) is 26.5 Å². The largest absolute Gasteiger partial charge is 0.338 e. The van der Waals surface area contributed by atoms with Crippen LogP contribution >= 0.6 is 22.9 Å². The highest BCUT2D eigenvalue weighted by molar-refractivity contribution is 7.12. The van der Waals surface area contributed by atoms with Crippen LogP contribution in [0.5, 0.6) is 0 Å². The van der Waals surface area contributed by atoms with E-state index in [2.05, 4.69) is 15.4 Å². The first-order valence-corrected chi connectivity index (χ1v) is 10.5. The highest BCUT2D eigenvalue weighted by Crippen LogP contribution is 2.34. The van der Waals surface area contributed by atoms with Crippen LogP contribution in [-0.2, 0) is 0 Å². The molecule has 0 radical (unpaired) electrons. The van der Waals surface area contributed by atoms with Crippen molar-refractivity contribution < 1.29 is 9.59 Å². The number of hydrogen-bond donors (Lipinski definition) is 1. The zero-order valence-electron chi connectivity index (χ0n) is 15.0. The zero-order chi connectivity index (χ0) is 19.3. The van der Waals surface area contributed by atoms with Crippen molar-refractivity contribution in [2.45, 2.75) is 6.42 Å². The topological polar surface area (TPSA) is 82.2 Å². The van der Waals surface area contributed by atoms with E-state index in [-0.39, 0.29) is 17.7 Å². The summed E-state index contributed by atoms with van der Waals surface area (Å²) in [5.74, 6) is 0.684. The molecule has 2 saturated heterocycles. The van der Waals surface area contributed by atoms with Crippen LogP contribution in [0.25, 0.3) is 11.0 Å². The molecule has 2 atom stereocenters. The molecule has 1 aromatic carbocycles. The van der Waals surface area contributed by atoms with Gasteiger partial charge in [-0.1, -0.05) is 17.7 Å². The Balaban J connectivity index is 1.32. The second kappa shape index (κ2) is 6.86. The minimum atomic E-state index is -0.0203. The Morgan fingerprint density at radius 1 is 1.07 bits per heavy atom. The van der Waals surface area contributed by atoms with E-state index < -0.39 is 0 Å². The van der Waals surface area contributed by atoms with Gasteiger partial charge in [0.25, 0.3) is 11.8 Å². The Hall–Kier alpha value is -2.45. The molecular formula is C19H18ClN5O2S. The van der Waals surface area contributed by atoms with Crippen molar-refractivity contribution in [1.29, 1.82) is 0 Å². The Kier molecular flexibility index (Phi) is 4.32. The molecule has 2 fully saturated rings. The lowest BCUT2D eigenvalue weighted by molar-refractivity contribution is 0.0647. The summed E-state index contributed by atoms with van der Waals surface area (Å²) in [5.41, 5.74) is 1.86. The number of benzene rings is 1. The van der Waals surface area contributed by atoms with Gasteiger partial charge in [0, 0.05) is 26.2 Å². The molecule has 2 aromatic heterocycles. The number of carbonyl (C=O) groups excluding carboxylic acids is 2. The number of nitrogens with zero attached hydrogens (tertiary/aromatic N) is 4. The Morgan fingerprint density at radius 3 is 2.71 bits per heavy atom. The molecule has 9 heteroatoms. The fourth-order valence-electron chi connectivity index (χ4n) is 4.32. The Morgan fingerprint density at radius 2 is 1.89 bits per heavy atom. The van der Waals surface area contributed by atoms with Gasteiger partial charge in [-0.3, -0.25) is 9.59 Å². The van der Waals surface area contributed by atoms with Gasteiger partial charge in [0.1, 0.15) is 15.9 Å². The molecule has 4 heterocycles. The average Bonchev–Trinajstić information content (AvgIpc) is 3.44. The van der Waals surface area contributed by atoms with Gasteiger partial charge in [-0.25, -0.2) is 0 Å². The van der Waals surface area contributed by atoms with Crippen molar-refractivity contribution in [2.75, 3.05) is 26.2 Å². The number of fused-ring (bicyclic) bond motifs is 2. The maximum absolute atomic E-state index is 13.1. The third-order valence-corrected chi connectivity index (χ3v) is 7.09. The summed E-state index contributed by atoms with van der Waals surface area (Å²) >= 11 is 7.51. The van der Waals surface area contributed by atoms with Gasteiger partial charge < -0.3 is 9.80 Å². The van der Waals surface area contributed by atoms with Crippen LogP contribution in [0.4, 0.5) is 0 Å². The SMILES string of the molecule is O=C(c1sccc1Cl)N1CC[C@@H]2CN(C(=O)c3cccc4n[nH]nc34)C[C@@H]2C1. The number of H-pyrrole nitrogens is 1. The number of para-hydroxylation sites is 1. The average molecular weight is 416 g/mol. The number of amides is 2. The number of piperidine rings is 1. The van der Waals surface area contributed by atoms with Crippen molar-refractivity contribution in [3.05, 3.63) is 45.1 Å². The molecule has 28 heavy (non-hydrogen) atoms. The van der Waals surface area contributed by atoms with Gasteiger partial charge in [0.05, 0.1) is 10.6 Å². The molecule has 0 aliphatic carbocycles. The number of likely N-dealkylation sites (tertiary alicyclic amines) is 2. The Bertz CT molecular complexity index is 1060. The number of aromatic amines is 1. The number of aromatic nitrogens is 3. The fourth-order valence-corrected chi connectivity index (χ4v) is 5.42. The monoisotopic (exact) mass is 415 g/mol. The molecule has 2 aliphatic heterocycles. The van der Waals surface area contributed by atoms with Gasteiger partial charge >= 0.3 is 0 Å². The van der Waals surface area contributed by atoms with Gasteiger partial charge in [-0.15, -0.1) is 11.3 Å². The maximum Gasteiger partial charge on any atom is 0.265 e. The lowest BCUT2D eigenvalue weighted by Crippen LogP contribution is -2.43. The molecule has 3 aromatic rings. The van der Waals surface area contributed by atoms with E-state index in [0.29, 0.717) is 52.0 Å². The summed E-state index contributed by atoms with van der Waals surface area (Å²) in [7, 11) is 0. The maximum atomic E-state index is 13.1. The summed E-state index contributed by atoms with van der Waals surface area (Å²) in [5, 5.41) is 13.1. The van der Waals surface area contributed by atoms with Crippen LogP contribution in [0.15, 0.2) is 29.6 Å². The highest BCUT2D eigenvalue weighted by atomic mass is 35.5. The van der Waals surface area contributed by atoms with Crippen LogP contribution in [0.3, 0.4) is 0 Å². The highest BCUT2D eigenvalue weighted by Gasteiger charge is 2.41. The first-order chi connectivity index (χ1) is 13.6. The smallest absolute Gasteiger partial charge is 0.265 e. The van der Waals surface area contributed by atoms with Gasteiger partial charge in [0.15, 0.2) is 0 Å². The van der Waals surface area contributed by atoms with Crippen molar-refractivity contribution in [2.24, 2.45) is 11.8 Å². The predicted molar refractivity (Wildman–Crippen MR) is 107 cm³/mol. The Labute approximate surface area is 170 Å². The molecule has 2 amide bonds. The van der Waals surface area contributed by atoms with Crippen molar-refractivity contribution in [3.8, 4) is 0 Å². The second-order valence-electron chi connectivity index (χ2n) is 7.36. The third kappa shape index (κ3) is 2.87. The molecule has 0 unspecified atom stereocenters. The minimum Gasteiger partial charge on any atom is -0.338 e. The van der Waals surface area contributed by atoms with E-state index in [1.165, 1.54) is 11.3 Å². The van der Waals surface area contributed by atoms with E-state index in [9.17, 15) is 9.59 Å². The number of halogens is 1.